The Kier molecular flexibility index (Phi) is 5.10. The van der Waals surface area contributed by atoms with E-state index in [1.54, 1.807) is 11.3 Å². The molecule has 0 atom stereocenters. The monoisotopic (exact) mass is 274 g/mol. The average molecular weight is 274 g/mol. The van der Waals surface area contributed by atoms with Crippen LogP contribution in [-0.4, -0.2) is 17.4 Å². The fourth-order valence-corrected chi connectivity index (χ4v) is 2.65. The molecule has 0 spiro atoms. The Morgan fingerprint density at radius 2 is 2.05 bits per heavy atom. The molecule has 3 nitrogen and oxygen atoms in total. The number of carbonyl (C=O) groups excluding carboxylic acids is 1. The lowest BCUT2D eigenvalue weighted by Gasteiger charge is -2.04. The number of thiazole rings is 1. The van der Waals surface area contributed by atoms with E-state index in [1.165, 1.54) is 10.4 Å². The minimum absolute atomic E-state index is 0.117. The first kappa shape index (κ1) is 13.7. The first-order chi connectivity index (χ1) is 9.25. The van der Waals surface area contributed by atoms with Gasteiger partial charge in [0.2, 0.25) is 5.91 Å². The third kappa shape index (κ3) is 4.48. The van der Waals surface area contributed by atoms with Crippen molar-refractivity contribution in [3.05, 3.63) is 52.0 Å². The lowest BCUT2D eigenvalue weighted by atomic mass is 10.1. The van der Waals surface area contributed by atoms with E-state index >= 15 is 0 Å². The lowest BCUT2D eigenvalue weighted by molar-refractivity contribution is -0.121. The highest BCUT2D eigenvalue weighted by molar-refractivity contribution is 7.09. The van der Waals surface area contributed by atoms with E-state index in [2.05, 4.69) is 10.3 Å². The number of amides is 1. The normalized spacial score (nSPS) is 10.4. The summed E-state index contributed by atoms with van der Waals surface area (Å²) in [6.45, 7) is 2.69. The molecule has 1 amide bonds. The van der Waals surface area contributed by atoms with Crippen molar-refractivity contribution in [3.63, 3.8) is 0 Å². The van der Waals surface area contributed by atoms with Crippen molar-refractivity contribution in [3.8, 4) is 0 Å². The second kappa shape index (κ2) is 7.04. The van der Waals surface area contributed by atoms with Crippen LogP contribution in [0.1, 0.15) is 22.6 Å². The Morgan fingerprint density at radius 1 is 1.26 bits per heavy atom. The van der Waals surface area contributed by atoms with Crippen molar-refractivity contribution in [2.75, 3.05) is 6.54 Å². The third-order valence-electron chi connectivity index (χ3n) is 3.00. The molecule has 1 heterocycles. The second-order valence-electron chi connectivity index (χ2n) is 4.45. The molecule has 0 radical (unpaired) electrons. The average Bonchev–Trinajstić information content (AvgIpc) is 2.83. The van der Waals surface area contributed by atoms with Gasteiger partial charge in [-0.25, -0.2) is 4.98 Å². The van der Waals surface area contributed by atoms with Crippen LogP contribution in [0.25, 0.3) is 0 Å². The number of aromatic nitrogens is 1. The summed E-state index contributed by atoms with van der Waals surface area (Å²) in [6.07, 6.45) is 2.21. The zero-order valence-corrected chi connectivity index (χ0v) is 11.9. The molecule has 2 rings (SSSR count). The van der Waals surface area contributed by atoms with Crippen molar-refractivity contribution in [2.24, 2.45) is 0 Å². The fraction of sp³-hybridized carbons (Fsp3) is 0.333. The standard InChI is InChI=1S/C15H18N2OS/c1-12-14(19-11-17-12)9-10-16-15(18)8-7-13-5-3-2-4-6-13/h2-6,11H,7-10H2,1H3,(H,16,18). The summed E-state index contributed by atoms with van der Waals surface area (Å²) in [5, 5.41) is 2.96. The van der Waals surface area contributed by atoms with Gasteiger partial charge in [-0.3, -0.25) is 4.79 Å². The Hall–Kier alpha value is -1.68. The zero-order valence-electron chi connectivity index (χ0n) is 11.1. The van der Waals surface area contributed by atoms with E-state index in [4.69, 9.17) is 0 Å². The maximum Gasteiger partial charge on any atom is 0.220 e. The maximum atomic E-state index is 11.7. The number of aryl methyl sites for hydroxylation is 2. The van der Waals surface area contributed by atoms with Crippen molar-refractivity contribution in [1.29, 1.82) is 0 Å². The molecule has 1 aromatic heterocycles. The minimum atomic E-state index is 0.117. The quantitative estimate of drug-likeness (QED) is 0.880. The maximum absolute atomic E-state index is 11.7. The highest BCUT2D eigenvalue weighted by Gasteiger charge is 2.04. The molecule has 100 valence electrons. The van der Waals surface area contributed by atoms with Gasteiger partial charge in [-0.15, -0.1) is 11.3 Å². The number of carbonyl (C=O) groups is 1. The Balaban J connectivity index is 1.66. The van der Waals surface area contributed by atoms with Gasteiger partial charge in [0.05, 0.1) is 11.2 Å². The molecule has 0 unspecified atom stereocenters. The van der Waals surface area contributed by atoms with Gasteiger partial charge in [-0.2, -0.15) is 0 Å². The van der Waals surface area contributed by atoms with E-state index in [1.807, 2.05) is 42.8 Å². The van der Waals surface area contributed by atoms with Crippen LogP contribution in [0.15, 0.2) is 35.8 Å². The summed E-state index contributed by atoms with van der Waals surface area (Å²) < 4.78 is 0. The van der Waals surface area contributed by atoms with Crippen molar-refractivity contribution < 1.29 is 4.79 Å². The number of hydrogen-bond donors (Lipinski definition) is 1. The van der Waals surface area contributed by atoms with Crippen LogP contribution in [0, 0.1) is 6.92 Å². The van der Waals surface area contributed by atoms with Crippen LogP contribution in [0.4, 0.5) is 0 Å². The predicted molar refractivity (Wildman–Crippen MR) is 78.3 cm³/mol. The number of nitrogens with one attached hydrogen (secondary N) is 1. The molecule has 2 aromatic rings. The minimum Gasteiger partial charge on any atom is -0.356 e. The number of nitrogens with zero attached hydrogens (tertiary/aromatic N) is 1. The first-order valence-corrected chi connectivity index (χ1v) is 7.33. The van der Waals surface area contributed by atoms with Crippen LogP contribution in [0.2, 0.25) is 0 Å². The molecule has 0 fully saturated rings. The van der Waals surface area contributed by atoms with E-state index in [0.29, 0.717) is 13.0 Å². The van der Waals surface area contributed by atoms with Gasteiger partial charge in [-0.1, -0.05) is 30.3 Å². The van der Waals surface area contributed by atoms with Crippen LogP contribution in [-0.2, 0) is 17.6 Å². The highest BCUT2D eigenvalue weighted by Crippen LogP contribution is 2.11. The molecule has 0 saturated heterocycles. The lowest BCUT2D eigenvalue weighted by Crippen LogP contribution is -2.25. The number of hydrogen-bond acceptors (Lipinski definition) is 3. The van der Waals surface area contributed by atoms with Gasteiger partial charge in [0, 0.05) is 24.3 Å². The largest absolute Gasteiger partial charge is 0.356 e. The van der Waals surface area contributed by atoms with Gasteiger partial charge in [0.1, 0.15) is 0 Å². The summed E-state index contributed by atoms with van der Waals surface area (Å²) >= 11 is 1.65. The van der Waals surface area contributed by atoms with Crippen LogP contribution in [0.3, 0.4) is 0 Å². The van der Waals surface area contributed by atoms with E-state index in [0.717, 1.165) is 18.5 Å². The van der Waals surface area contributed by atoms with Crippen LogP contribution >= 0.6 is 11.3 Å². The van der Waals surface area contributed by atoms with Crippen molar-refractivity contribution in [1.82, 2.24) is 10.3 Å². The molecular weight excluding hydrogens is 256 g/mol. The molecule has 0 aliphatic rings. The molecule has 19 heavy (non-hydrogen) atoms. The molecule has 0 bridgehead atoms. The van der Waals surface area contributed by atoms with E-state index in [-0.39, 0.29) is 5.91 Å². The molecule has 0 aliphatic heterocycles. The molecule has 4 heteroatoms. The van der Waals surface area contributed by atoms with Gasteiger partial charge < -0.3 is 5.32 Å². The van der Waals surface area contributed by atoms with Crippen LogP contribution in [0.5, 0.6) is 0 Å². The smallest absolute Gasteiger partial charge is 0.220 e. The zero-order chi connectivity index (χ0) is 13.5. The summed E-state index contributed by atoms with van der Waals surface area (Å²) in [5.41, 5.74) is 4.13. The molecule has 1 N–H and O–H groups in total. The van der Waals surface area contributed by atoms with E-state index in [9.17, 15) is 4.79 Å². The van der Waals surface area contributed by atoms with E-state index < -0.39 is 0 Å². The van der Waals surface area contributed by atoms with Gasteiger partial charge >= 0.3 is 0 Å². The Morgan fingerprint density at radius 3 is 2.74 bits per heavy atom. The molecule has 1 aromatic carbocycles. The SMILES string of the molecule is Cc1ncsc1CCNC(=O)CCc1ccccc1. The Bertz CT molecular complexity index is 522. The first-order valence-electron chi connectivity index (χ1n) is 6.45. The molecular formula is C15H18N2OS. The van der Waals surface area contributed by atoms with Crippen LogP contribution < -0.4 is 5.32 Å². The fourth-order valence-electron chi connectivity index (χ4n) is 1.87. The Labute approximate surface area is 117 Å². The summed E-state index contributed by atoms with van der Waals surface area (Å²) in [5.74, 6) is 0.117. The summed E-state index contributed by atoms with van der Waals surface area (Å²) in [7, 11) is 0. The summed E-state index contributed by atoms with van der Waals surface area (Å²) in [4.78, 5) is 17.2. The van der Waals surface area contributed by atoms with Crippen molar-refractivity contribution >= 4 is 17.2 Å². The van der Waals surface area contributed by atoms with Gasteiger partial charge in [0.25, 0.3) is 0 Å². The summed E-state index contributed by atoms with van der Waals surface area (Å²) in [6, 6.07) is 10.1. The predicted octanol–water partition coefficient (Wildman–Crippen LogP) is 2.74. The number of rotatable bonds is 6. The second-order valence-corrected chi connectivity index (χ2v) is 5.39. The van der Waals surface area contributed by atoms with Gasteiger partial charge in [0.15, 0.2) is 0 Å². The van der Waals surface area contributed by atoms with Gasteiger partial charge in [-0.05, 0) is 18.9 Å². The number of benzene rings is 1. The highest BCUT2D eigenvalue weighted by atomic mass is 32.1. The topological polar surface area (TPSA) is 42.0 Å². The molecule has 0 saturated carbocycles. The molecule has 0 aliphatic carbocycles. The third-order valence-corrected chi connectivity index (χ3v) is 4.00. The van der Waals surface area contributed by atoms with Crippen molar-refractivity contribution in [2.45, 2.75) is 26.2 Å².